The zero-order chi connectivity index (χ0) is 12.1. The Labute approximate surface area is 103 Å². The lowest BCUT2D eigenvalue weighted by Crippen LogP contribution is -2.51. The molecule has 94 valence electrons. The zero-order valence-corrected chi connectivity index (χ0v) is 10.2. The van der Waals surface area contributed by atoms with Crippen LogP contribution in [0.1, 0.15) is 44.9 Å². The van der Waals surface area contributed by atoms with Crippen molar-refractivity contribution < 1.29 is 9.53 Å². The predicted octanol–water partition coefficient (Wildman–Crippen LogP) is 1.90. The summed E-state index contributed by atoms with van der Waals surface area (Å²) in [5.74, 6) is -0.0669. The highest BCUT2D eigenvalue weighted by Crippen LogP contribution is 2.27. The van der Waals surface area contributed by atoms with E-state index in [0.717, 1.165) is 12.8 Å². The topological polar surface area (TPSA) is 42.7 Å². The Morgan fingerprint density at radius 2 is 1.88 bits per heavy atom. The molecule has 1 heterocycles. The fourth-order valence-electron chi connectivity index (χ4n) is 2.67. The quantitative estimate of drug-likeness (QED) is 0.744. The molecule has 0 spiro atoms. The molecule has 4 nitrogen and oxygen atoms in total. The van der Waals surface area contributed by atoms with Crippen LogP contribution in [-0.4, -0.2) is 30.7 Å². The van der Waals surface area contributed by atoms with Crippen molar-refractivity contribution in [2.24, 2.45) is 0 Å². The first-order chi connectivity index (χ1) is 8.27. The first-order valence-electron chi connectivity index (χ1n) is 6.54. The molecule has 0 unspecified atom stereocenters. The Bertz CT molecular complexity index is 310. The molecule has 0 bridgehead atoms. The van der Waals surface area contributed by atoms with E-state index in [-0.39, 0.29) is 11.9 Å². The summed E-state index contributed by atoms with van der Waals surface area (Å²) in [6, 6.07) is 0.290. The van der Waals surface area contributed by atoms with Crippen LogP contribution in [0.2, 0.25) is 0 Å². The summed E-state index contributed by atoms with van der Waals surface area (Å²) in [6.45, 7) is 8.36. The van der Waals surface area contributed by atoms with Crippen LogP contribution in [0, 0.1) is 6.57 Å². The van der Waals surface area contributed by atoms with Crippen LogP contribution in [0.3, 0.4) is 0 Å². The number of hydrogen-bond acceptors (Lipinski definition) is 2. The molecule has 0 atom stereocenters. The van der Waals surface area contributed by atoms with E-state index in [0.29, 0.717) is 26.1 Å². The third-order valence-electron chi connectivity index (χ3n) is 3.90. The van der Waals surface area contributed by atoms with Crippen LogP contribution < -0.4 is 5.32 Å². The van der Waals surface area contributed by atoms with Gasteiger partial charge in [0.05, 0.1) is 26.1 Å². The molecule has 1 aliphatic heterocycles. The molecule has 2 aliphatic rings. The second-order valence-electron chi connectivity index (χ2n) is 5.06. The average molecular weight is 236 g/mol. The zero-order valence-electron chi connectivity index (χ0n) is 10.2. The molecule has 1 saturated heterocycles. The molecule has 0 aromatic rings. The predicted molar refractivity (Wildman–Crippen MR) is 64.4 cm³/mol. The summed E-state index contributed by atoms with van der Waals surface area (Å²) in [5, 5.41) is 3.07. The van der Waals surface area contributed by atoms with Crippen LogP contribution in [0.15, 0.2) is 0 Å². The van der Waals surface area contributed by atoms with Crippen molar-refractivity contribution in [3.05, 3.63) is 11.4 Å². The van der Waals surface area contributed by atoms with Crippen LogP contribution in [0.25, 0.3) is 4.85 Å². The van der Waals surface area contributed by atoms with Gasteiger partial charge in [-0.1, -0.05) is 19.3 Å². The molecule has 2 rings (SSSR count). The number of ether oxygens (including phenoxy) is 1. The Kier molecular flexibility index (Phi) is 4.01. The van der Waals surface area contributed by atoms with Crippen LogP contribution >= 0.6 is 0 Å². The van der Waals surface area contributed by atoms with Crippen molar-refractivity contribution >= 4 is 5.91 Å². The fourth-order valence-corrected chi connectivity index (χ4v) is 2.67. The number of amides is 1. The maximum atomic E-state index is 12.2. The molecular weight excluding hydrogens is 216 g/mol. The fraction of sp³-hybridized carbons (Fsp3) is 0.846. The summed E-state index contributed by atoms with van der Waals surface area (Å²) in [6.07, 6.45) is 6.86. The summed E-state index contributed by atoms with van der Waals surface area (Å²) < 4.78 is 5.24. The molecule has 1 aliphatic carbocycles. The van der Waals surface area contributed by atoms with E-state index in [1.807, 2.05) is 0 Å². The number of rotatable bonds is 2. The molecule has 1 amide bonds. The van der Waals surface area contributed by atoms with Gasteiger partial charge in [0.15, 0.2) is 0 Å². The molecule has 1 N–H and O–H groups in total. The van der Waals surface area contributed by atoms with Crippen LogP contribution in [-0.2, 0) is 9.53 Å². The van der Waals surface area contributed by atoms with Gasteiger partial charge < -0.3 is 10.1 Å². The van der Waals surface area contributed by atoms with E-state index in [1.54, 1.807) is 0 Å². The normalized spacial score (nSPS) is 24.9. The Hall–Kier alpha value is -1.08. The minimum Gasteiger partial charge on any atom is -0.381 e. The van der Waals surface area contributed by atoms with Gasteiger partial charge in [-0.15, -0.1) is 0 Å². The van der Waals surface area contributed by atoms with E-state index in [9.17, 15) is 4.79 Å². The van der Waals surface area contributed by atoms with Gasteiger partial charge in [-0.25, -0.2) is 6.57 Å². The highest BCUT2D eigenvalue weighted by Gasteiger charge is 2.47. The summed E-state index contributed by atoms with van der Waals surface area (Å²) in [7, 11) is 0. The highest BCUT2D eigenvalue weighted by molar-refractivity contribution is 5.88. The number of carbonyl (C=O) groups excluding carboxylic acids is 1. The lowest BCUT2D eigenvalue weighted by molar-refractivity contribution is -0.128. The molecule has 17 heavy (non-hydrogen) atoms. The SMILES string of the molecule is [C-]#[N+]C1(C(=O)NC2CCCCC2)CCOCC1. The monoisotopic (exact) mass is 236 g/mol. The Balaban J connectivity index is 1.94. The molecule has 0 radical (unpaired) electrons. The van der Waals surface area contributed by atoms with Gasteiger partial charge in [0.1, 0.15) is 0 Å². The van der Waals surface area contributed by atoms with Gasteiger partial charge in [-0.3, -0.25) is 9.64 Å². The molecule has 0 aromatic carbocycles. The smallest absolute Gasteiger partial charge is 0.313 e. The Morgan fingerprint density at radius 1 is 1.24 bits per heavy atom. The summed E-state index contributed by atoms with van der Waals surface area (Å²) in [5.41, 5.74) is -0.851. The van der Waals surface area contributed by atoms with Crippen molar-refractivity contribution in [2.45, 2.75) is 56.5 Å². The molecule has 2 fully saturated rings. The van der Waals surface area contributed by atoms with Crippen molar-refractivity contribution in [2.75, 3.05) is 13.2 Å². The third kappa shape index (κ3) is 2.78. The van der Waals surface area contributed by atoms with Gasteiger partial charge in [0, 0.05) is 6.04 Å². The van der Waals surface area contributed by atoms with Crippen molar-refractivity contribution in [1.29, 1.82) is 0 Å². The second kappa shape index (κ2) is 5.50. The van der Waals surface area contributed by atoms with Gasteiger partial charge in [-0.2, -0.15) is 0 Å². The number of hydrogen-bond donors (Lipinski definition) is 1. The van der Waals surface area contributed by atoms with E-state index < -0.39 is 5.54 Å². The first kappa shape index (κ1) is 12.4. The van der Waals surface area contributed by atoms with Crippen molar-refractivity contribution in [3.8, 4) is 0 Å². The summed E-state index contributed by atoms with van der Waals surface area (Å²) >= 11 is 0. The van der Waals surface area contributed by atoms with Gasteiger partial charge in [-0.05, 0) is 12.8 Å². The first-order valence-corrected chi connectivity index (χ1v) is 6.54. The molecular formula is C13H20N2O2. The van der Waals surface area contributed by atoms with Gasteiger partial charge in [0.25, 0.3) is 0 Å². The molecule has 4 heteroatoms. The van der Waals surface area contributed by atoms with E-state index in [1.165, 1.54) is 19.3 Å². The minimum atomic E-state index is -0.851. The molecule has 0 aromatic heterocycles. The standard InChI is InChI=1S/C13H20N2O2/c1-14-13(7-9-17-10-8-13)12(16)15-11-5-3-2-4-6-11/h11H,2-10H2,(H,15,16). The van der Waals surface area contributed by atoms with Crippen molar-refractivity contribution in [1.82, 2.24) is 5.32 Å². The number of carbonyl (C=O) groups is 1. The summed E-state index contributed by atoms with van der Waals surface area (Å²) in [4.78, 5) is 15.8. The van der Waals surface area contributed by atoms with E-state index >= 15 is 0 Å². The van der Waals surface area contributed by atoms with Crippen molar-refractivity contribution in [3.63, 3.8) is 0 Å². The van der Waals surface area contributed by atoms with Gasteiger partial charge in [0.2, 0.25) is 0 Å². The number of nitrogens with zero attached hydrogens (tertiary/aromatic N) is 1. The lowest BCUT2D eigenvalue weighted by Gasteiger charge is -2.29. The second-order valence-corrected chi connectivity index (χ2v) is 5.06. The van der Waals surface area contributed by atoms with Crippen LogP contribution in [0.5, 0.6) is 0 Å². The third-order valence-corrected chi connectivity index (χ3v) is 3.90. The largest absolute Gasteiger partial charge is 0.381 e. The lowest BCUT2D eigenvalue weighted by atomic mass is 9.88. The van der Waals surface area contributed by atoms with Gasteiger partial charge >= 0.3 is 11.4 Å². The maximum absolute atomic E-state index is 12.2. The average Bonchev–Trinajstić information content (AvgIpc) is 2.40. The van der Waals surface area contributed by atoms with E-state index in [4.69, 9.17) is 11.3 Å². The Morgan fingerprint density at radius 3 is 2.47 bits per heavy atom. The van der Waals surface area contributed by atoms with Crippen LogP contribution in [0.4, 0.5) is 0 Å². The maximum Gasteiger partial charge on any atom is 0.313 e. The molecule has 1 saturated carbocycles. The van der Waals surface area contributed by atoms with E-state index in [2.05, 4.69) is 10.2 Å². The minimum absolute atomic E-state index is 0.0669. The number of nitrogens with one attached hydrogen (secondary N) is 1. The highest BCUT2D eigenvalue weighted by atomic mass is 16.5.